The standard InChI is InChI=1S/C11H17NO3/c1-7-9(14-2)6-8(4-5-12)11(15-3)10(7)13/h6,13H,4-5,12H2,1-3H3. The fourth-order valence-corrected chi connectivity index (χ4v) is 1.55. The van der Waals surface area contributed by atoms with E-state index in [1.165, 1.54) is 7.11 Å². The van der Waals surface area contributed by atoms with E-state index < -0.39 is 0 Å². The van der Waals surface area contributed by atoms with Gasteiger partial charge in [-0.05, 0) is 26.0 Å². The average Bonchev–Trinajstić information content (AvgIpc) is 2.24. The molecule has 15 heavy (non-hydrogen) atoms. The van der Waals surface area contributed by atoms with Gasteiger partial charge in [0.1, 0.15) is 5.75 Å². The third-order valence-corrected chi connectivity index (χ3v) is 2.37. The first-order chi connectivity index (χ1) is 7.15. The average molecular weight is 211 g/mol. The maximum atomic E-state index is 9.87. The molecule has 0 spiro atoms. The maximum Gasteiger partial charge on any atom is 0.164 e. The van der Waals surface area contributed by atoms with Crippen LogP contribution in [0.2, 0.25) is 0 Å². The Morgan fingerprint density at radius 3 is 2.47 bits per heavy atom. The number of rotatable bonds is 4. The number of nitrogens with two attached hydrogens (primary N) is 1. The van der Waals surface area contributed by atoms with Gasteiger partial charge in [0, 0.05) is 11.1 Å². The fourth-order valence-electron chi connectivity index (χ4n) is 1.55. The van der Waals surface area contributed by atoms with Gasteiger partial charge >= 0.3 is 0 Å². The minimum absolute atomic E-state index is 0.125. The molecule has 0 heterocycles. The second-order valence-corrected chi connectivity index (χ2v) is 3.28. The van der Waals surface area contributed by atoms with Crippen molar-refractivity contribution in [2.45, 2.75) is 13.3 Å². The first-order valence-corrected chi connectivity index (χ1v) is 4.79. The maximum absolute atomic E-state index is 9.87. The van der Waals surface area contributed by atoms with Gasteiger partial charge in [0.2, 0.25) is 0 Å². The summed E-state index contributed by atoms with van der Waals surface area (Å²) in [6.45, 7) is 2.28. The largest absolute Gasteiger partial charge is 0.504 e. The van der Waals surface area contributed by atoms with Crippen LogP contribution in [0.4, 0.5) is 0 Å². The zero-order valence-corrected chi connectivity index (χ0v) is 9.33. The van der Waals surface area contributed by atoms with Crippen molar-refractivity contribution in [3.63, 3.8) is 0 Å². The zero-order chi connectivity index (χ0) is 11.4. The van der Waals surface area contributed by atoms with E-state index in [9.17, 15) is 5.11 Å². The second kappa shape index (κ2) is 4.89. The van der Waals surface area contributed by atoms with E-state index in [0.29, 0.717) is 30.0 Å². The van der Waals surface area contributed by atoms with Crippen molar-refractivity contribution in [1.82, 2.24) is 0 Å². The number of aromatic hydroxyl groups is 1. The van der Waals surface area contributed by atoms with Crippen LogP contribution >= 0.6 is 0 Å². The number of ether oxygens (including phenoxy) is 2. The monoisotopic (exact) mass is 211 g/mol. The van der Waals surface area contributed by atoms with Crippen LogP contribution in [0.1, 0.15) is 11.1 Å². The summed E-state index contributed by atoms with van der Waals surface area (Å²) >= 11 is 0. The van der Waals surface area contributed by atoms with Gasteiger partial charge in [0.25, 0.3) is 0 Å². The molecule has 84 valence electrons. The number of hydrogen-bond donors (Lipinski definition) is 2. The molecule has 0 fully saturated rings. The Hall–Kier alpha value is -1.42. The van der Waals surface area contributed by atoms with Crippen molar-refractivity contribution in [2.24, 2.45) is 5.73 Å². The Bertz CT molecular complexity index is 350. The lowest BCUT2D eigenvalue weighted by Crippen LogP contribution is -2.05. The SMILES string of the molecule is COc1cc(CCN)c(OC)c(O)c1C. The fraction of sp³-hybridized carbons (Fsp3) is 0.455. The molecule has 0 amide bonds. The summed E-state index contributed by atoms with van der Waals surface area (Å²) in [6, 6.07) is 1.85. The molecular formula is C11H17NO3. The quantitative estimate of drug-likeness (QED) is 0.786. The summed E-state index contributed by atoms with van der Waals surface area (Å²) in [5.41, 5.74) is 7.02. The lowest BCUT2D eigenvalue weighted by molar-refractivity contribution is 0.358. The van der Waals surface area contributed by atoms with Crippen molar-refractivity contribution >= 4 is 0 Å². The molecule has 0 saturated carbocycles. The van der Waals surface area contributed by atoms with Gasteiger partial charge in [0.15, 0.2) is 11.5 Å². The molecule has 0 radical (unpaired) electrons. The second-order valence-electron chi connectivity index (χ2n) is 3.28. The van der Waals surface area contributed by atoms with Crippen LogP contribution in [0, 0.1) is 6.92 Å². The molecule has 0 saturated heterocycles. The van der Waals surface area contributed by atoms with E-state index in [0.717, 1.165) is 5.56 Å². The molecule has 1 aromatic carbocycles. The van der Waals surface area contributed by atoms with Gasteiger partial charge in [-0.2, -0.15) is 0 Å². The summed E-state index contributed by atoms with van der Waals surface area (Å²) in [7, 11) is 3.10. The van der Waals surface area contributed by atoms with E-state index in [-0.39, 0.29) is 5.75 Å². The van der Waals surface area contributed by atoms with Crippen LogP contribution in [-0.2, 0) is 6.42 Å². The molecular weight excluding hydrogens is 194 g/mol. The number of phenols is 1. The molecule has 1 rings (SSSR count). The molecule has 0 aliphatic rings. The van der Waals surface area contributed by atoms with Gasteiger partial charge in [0.05, 0.1) is 14.2 Å². The number of benzene rings is 1. The molecule has 0 bridgehead atoms. The highest BCUT2D eigenvalue weighted by Crippen LogP contribution is 2.39. The van der Waals surface area contributed by atoms with E-state index in [1.807, 2.05) is 6.07 Å². The highest BCUT2D eigenvalue weighted by molar-refractivity contribution is 5.57. The van der Waals surface area contributed by atoms with Crippen LogP contribution in [0.15, 0.2) is 6.07 Å². The molecule has 4 heteroatoms. The first-order valence-electron chi connectivity index (χ1n) is 4.79. The summed E-state index contributed by atoms with van der Waals surface area (Å²) in [4.78, 5) is 0. The Morgan fingerprint density at radius 2 is 2.00 bits per heavy atom. The van der Waals surface area contributed by atoms with Gasteiger partial charge in [-0.3, -0.25) is 0 Å². The molecule has 4 nitrogen and oxygen atoms in total. The number of phenolic OH excluding ortho intramolecular Hbond substituents is 1. The third-order valence-electron chi connectivity index (χ3n) is 2.37. The van der Waals surface area contributed by atoms with E-state index in [1.54, 1.807) is 14.0 Å². The van der Waals surface area contributed by atoms with E-state index >= 15 is 0 Å². The van der Waals surface area contributed by atoms with Gasteiger partial charge in [-0.1, -0.05) is 0 Å². The van der Waals surface area contributed by atoms with Gasteiger partial charge in [-0.25, -0.2) is 0 Å². The molecule has 0 aliphatic carbocycles. The summed E-state index contributed by atoms with van der Waals surface area (Å²) in [5, 5.41) is 9.87. The first kappa shape index (κ1) is 11.7. The van der Waals surface area contributed by atoms with Crippen molar-refractivity contribution < 1.29 is 14.6 Å². The summed E-state index contributed by atoms with van der Waals surface area (Å²) in [6.07, 6.45) is 0.646. The Labute approximate surface area is 89.6 Å². The minimum atomic E-state index is 0.125. The van der Waals surface area contributed by atoms with Crippen LogP contribution in [-0.4, -0.2) is 25.9 Å². The van der Waals surface area contributed by atoms with E-state index in [2.05, 4.69) is 0 Å². The third kappa shape index (κ3) is 2.15. The number of hydrogen-bond acceptors (Lipinski definition) is 4. The highest BCUT2D eigenvalue weighted by Gasteiger charge is 2.15. The van der Waals surface area contributed by atoms with Crippen LogP contribution in [0.25, 0.3) is 0 Å². The van der Waals surface area contributed by atoms with Crippen LogP contribution in [0.3, 0.4) is 0 Å². The van der Waals surface area contributed by atoms with Crippen molar-refractivity contribution in [3.8, 4) is 17.2 Å². The van der Waals surface area contributed by atoms with Gasteiger partial charge in [-0.15, -0.1) is 0 Å². The normalized spacial score (nSPS) is 10.1. The van der Waals surface area contributed by atoms with E-state index in [4.69, 9.17) is 15.2 Å². The molecule has 0 aliphatic heterocycles. The minimum Gasteiger partial charge on any atom is -0.504 e. The van der Waals surface area contributed by atoms with Crippen LogP contribution < -0.4 is 15.2 Å². The topological polar surface area (TPSA) is 64.7 Å². The zero-order valence-electron chi connectivity index (χ0n) is 9.33. The molecule has 3 N–H and O–H groups in total. The molecule has 0 unspecified atom stereocenters. The predicted octanol–water partition coefficient (Wildman–Crippen LogP) is 1.22. The predicted molar refractivity (Wildman–Crippen MR) is 58.7 cm³/mol. The Morgan fingerprint density at radius 1 is 1.33 bits per heavy atom. The molecule has 0 atom stereocenters. The lowest BCUT2D eigenvalue weighted by Gasteiger charge is -2.14. The Kier molecular flexibility index (Phi) is 3.80. The number of methoxy groups -OCH3 is 2. The molecule has 1 aromatic rings. The van der Waals surface area contributed by atoms with Crippen molar-refractivity contribution in [3.05, 3.63) is 17.2 Å². The van der Waals surface area contributed by atoms with Crippen molar-refractivity contribution in [1.29, 1.82) is 0 Å². The lowest BCUT2D eigenvalue weighted by atomic mass is 10.1. The summed E-state index contributed by atoms with van der Waals surface area (Å²) in [5.74, 6) is 1.26. The summed E-state index contributed by atoms with van der Waals surface area (Å²) < 4.78 is 10.3. The van der Waals surface area contributed by atoms with Gasteiger partial charge < -0.3 is 20.3 Å². The highest BCUT2D eigenvalue weighted by atomic mass is 16.5. The Balaban J connectivity index is 3.30. The van der Waals surface area contributed by atoms with Crippen LogP contribution in [0.5, 0.6) is 17.2 Å². The smallest absolute Gasteiger partial charge is 0.164 e. The van der Waals surface area contributed by atoms with Crippen molar-refractivity contribution in [2.75, 3.05) is 20.8 Å². The molecule has 0 aromatic heterocycles.